The number of piperidine rings is 1. The van der Waals surface area contributed by atoms with Gasteiger partial charge < -0.3 is 15.4 Å². The average molecular weight is 272 g/mol. The molecule has 0 atom stereocenters. The number of aromatic amines is 1. The summed E-state index contributed by atoms with van der Waals surface area (Å²) in [4.78, 5) is 0. The highest BCUT2D eigenvalue weighted by Gasteiger charge is 2.14. The lowest BCUT2D eigenvalue weighted by atomic mass is 10.1. The monoisotopic (exact) mass is 272 g/mol. The Morgan fingerprint density at radius 2 is 2.10 bits per heavy atom. The molecule has 3 N–H and O–H groups in total. The highest BCUT2D eigenvalue weighted by Crippen LogP contribution is 2.24. The predicted octanol–water partition coefficient (Wildman–Crippen LogP) is 2.25. The van der Waals surface area contributed by atoms with E-state index in [1.54, 1.807) is 7.11 Å². The molecule has 20 heavy (non-hydrogen) atoms. The quantitative estimate of drug-likeness (QED) is 0.799. The second kappa shape index (κ2) is 5.96. The standard InChI is InChI=1S/C15H20N4O/c1-20-13-4-2-3-11(9-13)14-10-15(19-18-14)17-12-5-7-16-8-6-12/h2-4,9-10,12,16H,5-8H2,1H3,(H2,17,18,19). The van der Waals surface area contributed by atoms with Gasteiger partial charge in [-0.3, -0.25) is 5.10 Å². The number of benzene rings is 1. The summed E-state index contributed by atoms with van der Waals surface area (Å²) >= 11 is 0. The van der Waals surface area contributed by atoms with Crippen molar-refractivity contribution in [1.82, 2.24) is 15.5 Å². The molecule has 1 aromatic heterocycles. The Morgan fingerprint density at radius 1 is 1.25 bits per heavy atom. The molecule has 5 heteroatoms. The van der Waals surface area contributed by atoms with E-state index in [0.717, 1.165) is 48.8 Å². The Kier molecular flexibility index (Phi) is 3.87. The van der Waals surface area contributed by atoms with Crippen molar-refractivity contribution >= 4 is 5.82 Å². The fourth-order valence-corrected chi connectivity index (χ4v) is 2.51. The minimum Gasteiger partial charge on any atom is -0.497 e. The Morgan fingerprint density at radius 3 is 2.90 bits per heavy atom. The third-order valence-corrected chi connectivity index (χ3v) is 3.65. The van der Waals surface area contributed by atoms with Crippen LogP contribution in [0.5, 0.6) is 5.75 Å². The van der Waals surface area contributed by atoms with E-state index in [2.05, 4.69) is 26.9 Å². The number of hydrogen-bond acceptors (Lipinski definition) is 4. The fourth-order valence-electron chi connectivity index (χ4n) is 2.51. The molecule has 0 saturated carbocycles. The molecule has 1 aliphatic heterocycles. The van der Waals surface area contributed by atoms with Crippen LogP contribution in [-0.2, 0) is 0 Å². The van der Waals surface area contributed by atoms with Crippen molar-refractivity contribution in [2.75, 3.05) is 25.5 Å². The average Bonchev–Trinajstić information content (AvgIpc) is 2.97. The van der Waals surface area contributed by atoms with Crippen LogP contribution in [0.2, 0.25) is 0 Å². The number of anilines is 1. The van der Waals surface area contributed by atoms with E-state index in [4.69, 9.17) is 4.74 Å². The number of H-pyrrole nitrogens is 1. The van der Waals surface area contributed by atoms with Crippen molar-refractivity contribution in [3.05, 3.63) is 30.3 Å². The smallest absolute Gasteiger partial charge is 0.148 e. The number of aromatic nitrogens is 2. The zero-order chi connectivity index (χ0) is 13.8. The topological polar surface area (TPSA) is 62.0 Å². The highest BCUT2D eigenvalue weighted by atomic mass is 16.5. The lowest BCUT2D eigenvalue weighted by Crippen LogP contribution is -2.35. The van der Waals surface area contributed by atoms with Gasteiger partial charge in [-0.15, -0.1) is 0 Å². The number of hydrogen-bond donors (Lipinski definition) is 3. The normalized spacial score (nSPS) is 16.1. The predicted molar refractivity (Wildman–Crippen MR) is 80.1 cm³/mol. The molecule has 1 aromatic carbocycles. The first-order valence-corrected chi connectivity index (χ1v) is 7.02. The van der Waals surface area contributed by atoms with Crippen LogP contribution in [-0.4, -0.2) is 36.4 Å². The molecule has 0 aliphatic carbocycles. The van der Waals surface area contributed by atoms with Crippen LogP contribution in [0.1, 0.15) is 12.8 Å². The number of nitrogens with zero attached hydrogens (tertiary/aromatic N) is 1. The van der Waals surface area contributed by atoms with E-state index in [-0.39, 0.29) is 0 Å². The lowest BCUT2D eigenvalue weighted by Gasteiger charge is -2.23. The van der Waals surface area contributed by atoms with E-state index in [0.29, 0.717) is 6.04 Å². The molecule has 0 bridgehead atoms. The minimum atomic E-state index is 0.512. The molecular weight excluding hydrogens is 252 g/mol. The van der Waals surface area contributed by atoms with Crippen LogP contribution < -0.4 is 15.4 Å². The first-order chi connectivity index (χ1) is 9.85. The van der Waals surface area contributed by atoms with Crippen molar-refractivity contribution in [1.29, 1.82) is 0 Å². The Balaban J connectivity index is 1.72. The first kappa shape index (κ1) is 13.0. The molecule has 2 heterocycles. The van der Waals surface area contributed by atoms with E-state index in [1.807, 2.05) is 24.3 Å². The zero-order valence-electron chi connectivity index (χ0n) is 11.6. The molecule has 0 spiro atoms. The third kappa shape index (κ3) is 2.93. The molecule has 0 radical (unpaired) electrons. The highest BCUT2D eigenvalue weighted by molar-refractivity contribution is 5.64. The molecule has 1 fully saturated rings. The maximum atomic E-state index is 5.25. The summed E-state index contributed by atoms with van der Waals surface area (Å²) in [5.74, 6) is 1.76. The maximum absolute atomic E-state index is 5.25. The first-order valence-electron chi connectivity index (χ1n) is 7.02. The van der Waals surface area contributed by atoms with Gasteiger partial charge >= 0.3 is 0 Å². The van der Waals surface area contributed by atoms with E-state index < -0.39 is 0 Å². The molecule has 0 unspecified atom stereocenters. The number of ether oxygens (including phenoxy) is 1. The van der Waals surface area contributed by atoms with Gasteiger partial charge in [0.25, 0.3) is 0 Å². The molecule has 106 valence electrons. The Hall–Kier alpha value is -2.01. The van der Waals surface area contributed by atoms with Gasteiger partial charge in [-0.25, -0.2) is 0 Å². The summed E-state index contributed by atoms with van der Waals surface area (Å²) in [5, 5.41) is 14.3. The number of methoxy groups -OCH3 is 1. The van der Waals surface area contributed by atoms with E-state index in [9.17, 15) is 0 Å². The zero-order valence-corrected chi connectivity index (χ0v) is 11.6. The van der Waals surface area contributed by atoms with Crippen LogP contribution in [0.15, 0.2) is 30.3 Å². The summed E-state index contributed by atoms with van der Waals surface area (Å²) in [5.41, 5.74) is 2.08. The minimum absolute atomic E-state index is 0.512. The number of rotatable bonds is 4. The van der Waals surface area contributed by atoms with Crippen molar-refractivity contribution in [3.8, 4) is 17.0 Å². The van der Waals surface area contributed by atoms with Gasteiger partial charge in [-0.2, -0.15) is 5.10 Å². The van der Waals surface area contributed by atoms with Crippen molar-refractivity contribution < 1.29 is 4.74 Å². The molecule has 5 nitrogen and oxygen atoms in total. The largest absolute Gasteiger partial charge is 0.497 e. The van der Waals surface area contributed by atoms with Crippen LogP contribution in [0.25, 0.3) is 11.3 Å². The van der Waals surface area contributed by atoms with Gasteiger partial charge in [0.15, 0.2) is 0 Å². The third-order valence-electron chi connectivity index (χ3n) is 3.65. The second-order valence-corrected chi connectivity index (χ2v) is 5.07. The van der Waals surface area contributed by atoms with Gasteiger partial charge in [0, 0.05) is 17.7 Å². The molecular formula is C15H20N4O. The molecule has 0 amide bonds. The Labute approximate surface area is 118 Å². The summed E-state index contributed by atoms with van der Waals surface area (Å²) in [6, 6.07) is 10.5. The van der Waals surface area contributed by atoms with Crippen molar-refractivity contribution in [2.24, 2.45) is 0 Å². The van der Waals surface area contributed by atoms with Crippen LogP contribution in [0, 0.1) is 0 Å². The van der Waals surface area contributed by atoms with Gasteiger partial charge in [0.2, 0.25) is 0 Å². The van der Waals surface area contributed by atoms with E-state index >= 15 is 0 Å². The summed E-state index contributed by atoms with van der Waals surface area (Å²) < 4.78 is 5.25. The summed E-state index contributed by atoms with van der Waals surface area (Å²) in [7, 11) is 1.68. The molecule has 1 saturated heterocycles. The summed E-state index contributed by atoms with van der Waals surface area (Å²) in [6.07, 6.45) is 2.28. The van der Waals surface area contributed by atoms with Crippen molar-refractivity contribution in [3.63, 3.8) is 0 Å². The number of nitrogens with one attached hydrogen (secondary N) is 3. The SMILES string of the molecule is COc1cccc(-c2cc(NC3CCNCC3)n[nH]2)c1. The van der Waals surface area contributed by atoms with Gasteiger partial charge in [0.05, 0.1) is 12.8 Å². The molecule has 1 aliphatic rings. The molecule has 3 rings (SSSR count). The second-order valence-electron chi connectivity index (χ2n) is 5.07. The molecule has 2 aromatic rings. The summed E-state index contributed by atoms with van der Waals surface area (Å²) in [6.45, 7) is 2.15. The van der Waals surface area contributed by atoms with Crippen LogP contribution >= 0.6 is 0 Å². The van der Waals surface area contributed by atoms with Gasteiger partial charge in [-0.1, -0.05) is 12.1 Å². The van der Waals surface area contributed by atoms with Gasteiger partial charge in [-0.05, 0) is 38.1 Å². The van der Waals surface area contributed by atoms with E-state index in [1.165, 1.54) is 0 Å². The fraction of sp³-hybridized carbons (Fsp3) is 0.400. The Bertz CT molecular complexity index is 561. The van der Waals surface area contributed by atoms with Crippen LogP contribution in [0.3, 0.4) is 0 Å². The lowest BCUT2D eigenvalue weighted by molar-refractivity contribution is 0.415. The van der Waals surface area contributed by atoms with Crippen LogP contribution in [0.4, 0.5) is 5.82 Å². The van der Waals surface area contributed by atoms with Crippen molar-refractivity contribution in [2.45, 2.75) is 18.9 Å². The van der Waals surface area contributed by atoms with Gasteiger partial charge in [0.1, 0.15) is 11.6 Å². The maximum Gasteiger partial charge on any atom is 0.148 e.